The second-order valence-electron chi connectivity index (χ2n) is 7.31. The van der Waals surface area contributed by atoms with Gasteiger partial charge in [0, 0.05) is 32.2 Å². The molecule has 0 spiro atoms. The first-order chi connectivity index (χ1) is 14.0. The van der Waals surface area contributed by atoms with Gasteiger partial charge in [-0.15, -0.1) is 0 Å². The molecule has 10 heteroatoms. The second kappa shape index (κ2) is 6.96. The van der Waals surface area contributed by atoms with Gasteiger partial charge in [-0.3, -0.25) is 4.90 Å². The first-order valence-corrected chi connectivity index (χ1v) is 9.41. The van der Waals surface area contributed by atoms with Crippen LogP contribution in [0, 0.1) is 0 Å². The topological polar surface area (TPSA) is 58.8 Å². The SMILES string of the molecule is FC(F)(F)c1cc(N2CC3OCCN(Cc4ccccc4)C3C2)n2ncnc2n1. The lowest BCUT2D eigenvalue weighted by molar-refractivity contribution is -0.141. The molecule has 0 saturated carbocycles. The third kappa shape index (κ3) is 3.42. The predicted molar refractivity (Wildman–Crippen MR) is 98.4 cm³/mol. The van der Waals surface area contributed by atoms with Crippen LogP contribution in [0.25, 0.3) is 5.78 Å². The molecule has 1 aromatic carbocycles. The number of hydrogen-bond acceptors (Lipinski definition) is 6. The van der Waals surface area contributed by atoms with E-state index < -0.39 is 11.9 Å². The molecule has 4 heterocycles. The molecular weight excluding hydrogens is 385 g/mol. The van der Waals surface area contributed by atoms with Gasteiger partial charge in [0.15, 0.2) is 5.69 Å². The molecule has 2 saturated heterocycles. The number of morpholine rings is 1. The molecule has 152 valence electrons. The van der Waals surface area contributed by atoms with E-state index in [2.05, 4.69) is 32.1 Å². The first-order valence-electron chi connectivity index (χ1n) is 9.41. The molecule has 2 atom stereocenters. The zero-order valence-corrected chi connectivity index (χ0v) is 15.5. The standard InChI is InChI=1S/C19H19F3N6O/c20-19(21,22)16-8-17(28-18(25-16)23-12-24-28)27-10-14-15(11-27)29-7-6-26(14)9-13-4-2-1-3-5-13/h1-5,8,12,14-15H,6-7,9-11H2. The van der Waals surface area contributed by atoms with Crippen molar-refractivity contribution >= 4 is 11.6 Å². The molecule has 0 N–H and O–H groups in total. The van der Waals surface area contributed by atoms with Crippen LogP contribution < -0.4 is 4.90 Å². The largest absolute Gasteiger partial charge is 0.433 e. The molecular formula is C19H19F3N6O. The maximum Gasteiger partial charge on any atom is 0.433 e. The zero-order chi connectivity index (χ0) is 20.0. The number of alkyl halides is 3. The molecule has 7 nitrogen and oxygen atoms in total. The average molecular weight is 404 g/mol. The molecule has 0 amide bonds. The summed E-state index contributed by atoms with van der Waals surface area (Å²) in [5.41, 5.74) is 0.235. The third-order valence-corrected chi connectivity index (χ3v) is 5.49. The minimum Gasteiger partial charge on any atom is -0.373 e. The van der Waals surface area contributed by atoms with Crippen molar-refractivity contribution in [3.8, 4) is 0 Å². The summed E-state index contributed by atoms with van der Waals surface area (Å²) in [6, 6.07) is 11.3. The molecule has 2 fully saturated rings. The van der Waals surface area contributed by atoms with Gasteiger partial charge < -0.3 is 9.64 Å². The number of hydrogen-bond donors (Lipinski definition) is 0. The highest BCUT2D eigenvalue weighted by Gasteiger charge is 2.42. The van der Waals surface area contributed by atoms with Gasteiger partial charge in [0.25, 0.3) is 5.78 Å². The molecule has 0 bridgehead atoms. The van der Waals surface area contributed by atoms with E-state index in [9.17, 15) is 13.2 Å². The lowest BCUT2D eigenvalue weighted by Gasteiger charge is -2.36. The predicted octanol–water partition coefficient (Wildman–Crippen LogP) is 2.23. The van der Waals surface area contributed by atoms with Crippen LogP contribution in [0.3, 0.4) is 0 Å². The monoisotopic (exact) mass is 404 g/mol. The highest BCUT2D eigenvalue weighted by Crippen LogP contribution is 2.33. The number of rotatable bonds is 3. The summed E-state index contributed by atoms with van der Waals surface area (Å²) in [5, 5.41) is 4.07. The van der Waals surface area contributed by atoms with Gasteiger partial charge in [0.05, 0.1) is 18.8 Å². The van der Waals surface area contributed by atoms with E-state index in [4.69, 9.17) is 4.74 Å². The van der Waals surface area contributed by atoms with E-state index in [-0.39, 0.29) is 17.9 Å². The van der Waals surface area contributed by atoms with Crippen molar-refractivity contribution in [2.75, 3.05) is 31.1 Å². The van der Waals surface area contributed by atoms with Crippen molar-refractivity contribution in [3.05, 3.63) is 54.0 Å². The van der Waals surface area contributed by atoms with Crippen molar-refractivity contribution in [1.82, 2.24) is 24.5 Å². The Morgan fingerprint density at radius 1 is 1.14 bits per heavy atom. The summed E-state index contributed by atoms with van der Waals surface area (Å²) in [5.74, 6) is 0.268. The van der Waals surface area contributed by atoms with Gasteiger partial charge in [0.1, 0.15) is 12.1 Å². The Hall–Kier alpha value is -2.72. The van der Waals surface area contributed by atoms with Crippen LogP contribution >= 0.6 is 0 Å². The maximum absolute atomic E-state index is 13.3. The van der Waals surface area contributed by atoms with Gasteiger partial charge in [-0.05, 0) is 5.56 Å². The van der Waals surface area contributed by atoms with E-state index in [0.29, 0.717) is 25.5 Å². The molecule has 0 radical (unpaired) electrons. The van der Waals surface area contributed by atoms with Crippen LogP contribution in [0.5, 0.6) is 0 Å². The highest BCUT2D eigenvalue weighted by atomic mass is 19.4. The summed E-state index contributed by atoms with van der Waals surface area (Å²) in [7, 11) is 0. The van der Waals surface area contributed by atoms with Crippen LogP contribution in [-0.2, 0) is 17.5 Å². The minimum atomic E-state index is -4.55. The average Bonchev–Trinajstić information content (AvgIpc) is 3.34. The van der Waals surface area contributed by atoms with Crippen molar-refractivity contribution in [1.29, 1.82) is 0 Å². The fourth-order valence-electron chi connectivity index (χ4n) is 4.13. The number of aromatic nitrogens is 4. The number of benzene rings is 1. The third-order valence-electron chi connectivity index (χ3n) is 5.49. The van der Waals surface area contributed by atoms with Crippen molar-refractivity contribution < 1.29 is 17.9 Å². The smallest absolute Gasteiger partial charge is 0.373 e. The molecule has 2 unspecified atom stereocenters. The maximum atomic E-state index is 13.3. The molecule has 3 aromatic rings. The molecule has 29 heavy (non-hydrogen) atoms. The van der Waals surface area contributed by atoms with E-state index in [0.717, 1.165) is 19.2 Å². The Labute approximate surface area is 164 Å². The van der Waals surface area contributed by atoms with Crippen molar-refractivity contribution in [2.45, 2.75) is 24.9 Å². The summed E-state index contributed by atoms with van der Waals surface area (Å²) < 4.78 is 47.3. The van der Waals surface area contributed by atoms with Crippen LogP contribution in [0.15, 0.2) is 42.7 Å². The van der Waals surface area contributed by atoms with Gasteiger partial charge >= 0.3 is 6.18 Å². The summed E-state index contributed by atoms with van der Waals surface area (Å²) in [4.78, 5) is 11.7. The lowest BCUT2D eigenvalue weighted by Crippen LogP contribution is -2.50. The fourth-order valence-corrected chi connectivity index (χ4v) is 4.13. The Bertz CT molecular complexity index is 1010. The quantitative estimate of drug-likeness (QED) is 0.667. The normalized spacial score (nSPS) is 22.9. The van der Waals surface area contributed by atoms with Gasteiger partial charge in [-0.1, -0.05) is 30.3 Å². The Balaban J connectivity index is 1.44. The van der Waals surface area contributed by atoms with Crippen LogP contribution in [0.2, 0.25) is 0 Å². The summed E-state index contributed by atoms with van der Waals surface area (Å²) in [6.07, 6.45) is -3.41. The van der Waals surface area contributed by atoms with Crippen LogP contribution in [0.4, 0.5) is 19.0 Å². The molecule has 2 aliphatic rings. The number of fused-ring (bicyclic) bond motifs is 2. The number of anilines is 1. The van der Waals surface area contributed by atoms with Gasteiger partial charge in [-0.25, -0.2) is 4.98 Å². The summed E-state index contributed by atoms with van der Waals surface area (Å²) >= 11 is 0. The van der Waals surface area contributed by atoms with Crippen LogP contribution in [-0.4, -0.2) is 62.9 Å². The van der Waals surface area contributed by atoms with Gasteiger partial charge in [-0.2, -0.15) is 27.8 Å². The number of ether oxygens (including phenoxy) is 1. The van der Waals surface area contributed by atoms with Crippen molar-refractivity contribution in [2.24, 2.45) is 0 Å². The van der Waals surface area contributed by atoms with Gasteiger partial charge in [0.2, 0.25) is 0 Å². The second-order valence-corrected chi connectivity index (χ2v) is 7.31. The molecule has 5 rings (SSSR count). The van der Waals surface area contributed by atoms with E-state index in [1.165, 1.54) is 16.4 Å². The highest BCUT2D eigenvalue weighted by molar-refractivity contribution is 5.49. The Kier molecular flexibility index (Phi) is 4.39. The van der Waals surface area contributed by atoms with E-state index in [1.807, 2.05) is 23.1 Å². The lowest BCUT2D eigenvalue weighted by atomic mass is 10.1. The Morgan fingerprint density at radius 2 is 1.97 bits per heavy atom. The van der Waals surface area contributed by atoms with E-state index >= 15 is 0 Å². The van der Waals surface area contributed by atoms with Crippen LogP contribution in [0.1, 0.15) is 11.3 Å². The zero-order valence-electron chi connectivity index (χ0n) is 15.5. The molecule has 2 aromatic heterocycles. The minimum absolute atomic E-state index is 0.0632. The number of nitrogens with zero attached hydrogens (tertiary/aromatic N) is 6. The first kappa shape index (κ1) is 18.3. The fraction of sp³-hybridized carbons (Fsp3) is 0.421. The molecule has 2 aliphatic heterocycles. The molecule has 0 aliphatic carbocycles. The summed E-state index contributed by atoms with van der Waals surface area (Å²) in [6.45, 7) is 3.21. The number of halogens is 3. The van der Waals surface area contributed by atoms with E-state index in [1.54, 1.807) is 0 Å². The van der Waals surface area contributed by atoms with Crippen molar-refractivity contribution in [3.63, 3.8) is 0 Å². The Morgan fingerprint density at radius 3 is 2.76 bits per heavy atom.